The van der Waals surface area contributed by atoms with Crippen molar-refractivity contribution in [1.29, 1.82) is 0 Å². The van der Waals surface area contributed by atoms with Crippen LogP contribution < -0.4 is 5.32 Å². The van der Waals surface area contributed by atoms with Crippen LogP contribution in [-0.2, 0) is 7.05 Å². The molecule has 1 heterocycles. The zero-order valence-electron chi connectivity index (χ0n) is 12.1. The molecule has 1 aromatic heterocycles. The Labute approximate surface area is 111 Å². The lowest BCUT2D eigenvalue weighted by Gasteiger charge is -2.31. The molecule has 1 saturated carbocycles. The predicted molar refractivity (Wildman–Crippen MR) is 75.6 cm³/mol. The van der Waals surface area contributed by atoms with Gasteiger partial charge >= 0.3 is 0 Å². The second-order valence-corrected chi connectivity index (χ2v) is 5.66. The van der Waals surface area contributed by atoms with Crippen LogP contribution in [0.25, 0.3) is 0 Å². The Kier molecular flexibility index (Phi) is 4.81. The molecule has 0 amide bonds. The van der Waals surface area contributed by atoms with E-state index in [1.54, 1.807) is 0 Å². The van der Waals surface area contributed by atoms with E-state index in [9.17, 15) is 0 Å². The van der Waals surface area contributed by atoms with Crippen molar-refractivity contribution in [3.63, 3.8) is 0 Å². The highest BCUT2D eigenvalue weighted by molar-refractivity contribution is 5.14. The molecule has 0 bridgehead atoms. The molecule has 0 aliphatic heterocycles. The molecule has 1 aromatic rings. The number of nitrogens with one attached hydrogen (secondary N) is 1. The second-order valence-electron chi connectivity index (χ2n) is 5.66. The summed E-state index contributed by atoms with van der Waals surface area (Å²) in [6.45, 7) is 5.42. The number of rotatable bonds is 5. The Morgan fingerprint density at radius 2 is 2.11 bits per heavy atom. The third-order valence-corrected chi connectivity index (χ3v) is 4.09. The zero-order chi connectivity index (χ0) is 13.0. The lowest BCUT2D eigenvalue weighted by Crippen LogP contribution is -2.31. The monoisotopic (exact) mass is 249 g/mol. The Morgan fingerprint density at radius 3 is 2.67 bits per heavy atom. The molecule has 1 fully saturated rings. The van der Waals surface area contributed by atoms with Crippen molar-refractivity contribution in [3.05, 3.63) is 17.5 Å². The molecule has 1 aliphatic carbocycles. The van der Waals surface area contributed by atoms with Crippen LogP contribution in [0.2, 0.25) is 0 Å². The fourth-order valence-corrected chi connectivity index (χ4v) is 3.20. The average Bonchev–Trinajstić information content (AvgIpc) is 2.70. The Balaban J connectivity index is 2.15. The van der Waals surface area contributed by atoms with Crippen molar-refractivity contribution in [2.24, 2.45) is 13.0 Å². The minimum absolute atomic E-state index is 0.497. The maximum absolute atomic E-state index is 4.51. The maximum Gasteiger partial charge on any atom is 0.0597 e. The topological polar surface area (TPSA) is 29.9 Å². The maximum atomic E-state index is 4.51. The smallest absolute Gasteiger partial charge is 0.0597 e. The quantitative estimate of drug-likeness (QED) is 0.867. The van der Waals surface area contributed by atoms with E-state index in [2.05, 4.69) is 42.1 Å². The number of aryl methyl sites for hydroxylation is 2. The second kappa shape index (κ2) is 6.37. The molecular formula is C15H27N3. The molecule has 3 heteroatoms. The van der Waals surface area contributed by atoms with Crippen molar-refractivity contribution in [2.45, 2.75) is 58.4 Å². The normalized spacial score (nSPS) is 19.1. The Hall–Kier alpha value is -0.830. The van der Waals surface area contributed by atoms with Gasteiger partial charge in [-0.15, -0.1) is 0 Å². The van der Waals surface area contributed by atoms with E-state index in [0.717, 1.165) is 18.2 Å². The van der Waals surface area contributed by atoms with Crippen LogP contribution in [0.3, 0.4) is 0 Å². The minimum atomic E-state index is 0.497. The summed E-state index contributed by atoms with van der Waals surface area (Å²) in [4.78, 5) is 0. The summed E-state index contributed by atoms with van der Waals surface area (Å²) in [5.41, 5.74) is 2.50. The van der Waals surface area contributed by atoms with E-state index in [1.807, 2.05) is 0 Å². The summed E-state index contributed by atoms with van der Waals surface area (Å²) in [5, 5.41) is 8.26. The van der Waals surface area contributed by atoms with Gasteiger partial charge in [0.25, 0.3) is 0 Å². The van der Waals surface area contributed by atoms with Gasteiger partial charge in [-0.2, -0.15) is 5.10 Å². The molecule has 1 aliphatic rings. The van der Waals surface area contributed by atoms with Gasteiger partial charge in [-0.25, -0.2) is 0 Å². The van der Waals surface area contributed by atoms with E-state index in [1.165, 1.54) is 44.2 Å². The number of nitrogens with zero attached hydrogens (tertiary/aromatic N) is 2. The fourth-order valence-electron chi connectivity index (χ4n) is 3.20. The van der Waals surface area contributed by atoms with E-state index in [-0.39, 0.29) is 0 Å². The van der Waals surface area contributed by atoms with E-state index >= 15 is 0 Å². The van der Waals surface area contributed by atoms with Crippen LogP contribution in [0.5, 0.6) is 0 Å². The van der Waals surface area contributed by atoms with Crippen molar-refractivity contribution in [2.75, 3.05) is 6.54 Å². The Bertz CT molecular complexity index is 364. The molecule has 1 N–H and O–H groups in total. The van der Waals surface area contributed by atoms with Gasteiger partial charge in [-0.05, 0) is 44.7 Å². The van der Waals surface area contributed by atoms with Gasteiger partial charge in [-0.3, -0.25) is 4.68 Å². The van der Waals surface area contributed by atoms with Crippen LogP contribution >= 0.6 is 0 Å². The van der Waals surface area contributed by atoms with E-state index < -0.39 is 0 Å². The van der Waals surface area contributed by atoms with Crippen molar-refractivity contribution in [3.8, 4) is 0 Å². The predicted octanol–water partition coefficient (Wildman–Crippen LogP) is 3.35. The van der Waals surface area contributed by atoms with E-state index in [0.29, 0.717) is 6.04 Å². The molecule has 102 valence electrons. The lowest BCUT2D eigenvalue weighted by molar-refractivity contribution is 0.263. The van der Waals surface area contributed by atoms with Crippen molar-refractivity contribution >= 4 is 0 Å². The highest BCUT2D eigenvalue weighted by Crippen LogP contribution is 2.34. The number of hydrogen-bond acceptors (Lipinski definition) is 2. The first kappa shape index (κ1) is 13.6. The summed E-state index contributed by atoms with van der Waals surface area (Å²) in [6, 6.07) is 2.75. The minimum Gasteiger partial charge on any atom is -0.308 e. The molecule has 3 nitrogen and oxygen atoms in total. The van der Waals surface area contributed by atoms with Crippen LogP contribution in [0.1, 0.15) is 62.9 Å². The Morgan fingerprint density at radius 1 is 1.39 bits per heavy atom. The standard InChI is InChI=1S/C15H27N3/c1-4-10-16-15(13-8-6-5-7-9-13)14-11-12(2)17-18(14)3/h11,13,15-16H,4-10H2,1-3H3. The molecule has 1 atom stereocenters. The summed E-state index contributed by atoms with van der Waals surface area (Å²) >= 11 is 0. The highest BCUT2D eigenvalue weighted by atomic mass is 15.3. The number of hydrogen-bond donors (Lipinski definition) is 1. The van der Waals surface area contributed by atoms with Crippen LogP contribution in [0, 0.1) is 12.8 Å². The SMILES string of the molecule is CCCNC(c1cc(C)nn1C)C1CCCCC1. The van der Waals surface area contributed by atoms with Crippen molar-refractivity contribution in [1.82, 2.24) is 15.1 Å². The summed E-state index contributed by atoms with van der Waals surface area (Å²) < 4.78 is 2.07. The van der Waals surface area contributed by atoms with Gasteiger partial charge in [0, 0.05) is 7.05 Å². The summed E-state index contributed by atoms with van der Waals surface area (Å²) in [6.07, 6.45) is 8.14. The molecule has 0 spiro atoms. The van der Waals surface area contributed by atoms with Gasteiger partial charge in [0.1, 0.15) is 0 Å². The van der Waals surface area contributed by atoms with Crippen LogP contribution in [0.4, 0.5) is 0 Å². The summed E-state index contributed by atoms with van der Waals surface area (Å²) in [5.74, 6) is 0.792. The highest BCUT2D eigenvalue weighted by Gasteiger charge is 2.26. The molecule has 1 unspecified atom stereocenters. The molecule has 18 heavy (non-hydrogen) atoms. The van der Waals surface area contributed by atoms with Gasteiger partial charge in [0.2, 0.25) is 0 Å². The first-order valence-corrected chi connectivity index (χ1v) is 7.46. The molecule has 2 rings (SSSR count). The summed E-state index contributed by atoms with van der Waals surface area (Å²) in [7, 11) is 2.08. The lowest BCUT2D eigenvalue weighted by atomic mass is 9.82. The first-order chi connectivity index (χ1) is 8.72. The molecular weight excluding hydrogens is 222 g/mol. The first-order valence-electron chi connectivity index (χ1n) is 7.46. The number of aromatic nitrogens is 2. The fraction of sp³-hybridized carbons (Fsp3) is 0.800. The molecule has 0 saturated heterocycles. The van der Waals surface area contributed by atoms with Crippen LogP contribution in [-0.4, -0.2) is 16.3 Å². The average molecular weight is 249 g/mol. The third kappa shape index (κ3) is 3.14. The zero-order valence-corrected chi connectivity index (χ0v) is 12.1. The molecule has 0 radical (unpaired) electrons. The van der Waals surface area contributed by atoms with Gasteiger partial charge in [0.05, 0.1) is 17.4 Å². The van der Waals surface area contributed by atoms with Crippen LogP contribution in [0.15, 0.2) is 6.07 Å². The van der Waals surface area contributed by atoms with E-state index in [4.69, 9.17) is 0 Å². The molecule has 0 aromatic carbocycles. The van der Waals surface area contributed by atoms with Gasteiger partial charge in [-0.1, -0.05) is 26.2 Å². The van der Waals surface area contributed by atoms with Crippen molar-refractivity contribution < 1.29 is 0 Å². The van der Waals surface area contributed by atoms with Gasteiger partial charge < -0.3 is 5.32 Å². The largest absolute Gasteiger partial charge is 0.308 e. The van der Waals surface area contributed by atoms with Gasteiger partial charge in [0.15, 0.2) is 0 Å². The third-order valence-electron chi connectivity index (χ3n) is 4.09.